The highest BCUT2D eigenvalue weighted by Gasteiger charge is 2.13. The van der Waals surface area contributed by atoms with Gasteiger partial charge in [0.05, 0.1) is 12.2 Å². The van der Waals surface area contributed by atoms with E-state index in [1.807, 2.05) is 36.7 Å². The average Bonchev–Trinajstić information content (AvgIpc) is 2.74. The molecule has 4 heteroatoms. The van der Waals surface area contributed by atoms with Gasteiger partial charge in [-0.3, -0.25) is 4.68 Å². The van der Waals surface area contributed by atoms with Crippen LogP contribution in [0.5, 0.6) is 5.75 Å². The van der Waals surface area contributed by atoms with Crippen molar-refractivity contribution in [3.8, 4) is 5.75 Å². The number of aliphatic hydroxyl groups excluding tert-OH is 1. The second-order valence-electron chi connectivity index (χ2n) is 6.85. The summed E-state index contributed by atoms with van der Waals surface area (Å²) >= 11 is 0. The van der Waals surface area contributed by atoms with Gasteiger partial charge in [0.15, 0.2) is 0 Å². The normalized spacial score (nSPS) is 13.2. The maximum Gasteiger partial charge on any atom is 0.119 e. The topological polar surface area (TPSA) is 47.3 Å². The van der Waals surface area contributed by atoms with Gasteiger partial charge in [0.1, 0.15) is 18.5 Å². The highest BCUT2D eigenvalue weighted by molar-refractivity contribution is 5.31. The Bertz CT molecular complexity index is 609. The predicted molar refractivity (Wildman–Crippen MR) is 88.3 cm³/mol. The van der Waals surface area contributed by atoms with E-state index < -0.39 is 6.10 Å². The minimum atomic E-state index is -0.583. The molecule has 0 aliphatic heterocycles. The molecule has 1 N–H and O–H groups in total. The highest BCUT2D eigenvalue weighted by atomic mass is 16.5. The van der Waals surface area contributed by atoms with Gasteiger partial charge in [-0.2, -0.15) is 5.10 Å². The molecule has 120 valence electrons. The third-order valence-corrected chi connectivity index (χ3v) is 3.65. The summed E-state index contributed by atoms with van der Waals surface area (Å²) < 4.78 is 7.47. The van der Waals surface area contributed by atoms with Crippen molar-refractivity contribution in [2.75, 3.05) is 6.61 Å². The van der Waals surface area contributed by atoms with Crippen molar-refractivity contribution < 1.29 is 9.84 Å². The van der Waals surface area contributed by atoms with E-state index in [0.717, 1.165) is 17.1 Å². The van der Waals surface area contributed by atoms with Crippen LogP contribution in [0.2, 0.25) is 0 Å². The number of aliphatic hydroxyl groups is 1. The lowest BCUT2D eigenvalue weighted by molar-refractivity contribution is 0.0887. The van der Waals surface area contributed by atoms with Gasteiger partial charge in [-0.05, 0) is 43.0 Å². The van der Waals surface area contributed by atoms with Gasteiger partial charge in [0.25, 0.3) is 0 Å². The van der Waals surface area contributed by atoms with Crippen LogP contribution in [-0.4, -0.2) is 27.6 Å². The summed E-state index contributed by atoms with van der Waals surface area (Å²) in [4.78, 5) is 0. The number of hydrogen-bond acceptors (Lipinski definition) is 3. The van der Waals surface area contributed by atoms with Crippen LogP contribution >= 0.6 is 0 Å². The zero-order valence-electron chi connectivity index (χ0n) is 14.1. The fourth-order valence-electron chi connectivity index (χ4n) is 2.36. The standard InChI is InChI=1S/C18H26N2O2/c1-13-10-14(2)20(19-13)11-16(21)12-22-17-8-6-15(7-9-17)18(3,4)5/h6-10,16,21H,11-12H2,1-5H3/t16-/m1/s1. The van der Waals surface area contributed by atoms with Crippen LogP contribution in [0.3, 0.4) is 0 Å². The summed E-state index contributed by atoms with van der Waals surface area (Å²) in [6.07, 6.45) is -0.583. The van der Waals surface area contributed by atoms with Crippen LogP contribution in [0.15, 0.2) is 30.3 Å². The van der Waals surface area contributed by atoms with Gasteiger partial charge < -0.3 is 9.84 Å². The zero-order chi connectivity index (χ0) is 16.3. The van der Waals surface area contributed by atoms with Crippen molar-refractivity contribution in [2.24, 2.45) is 0 Å². The van der Waals surface area contributed by atoms with Gasteiger partial charge in [0.2, 0.25) is 0 Å². The molecule has 1 atom stereocenters. The Morgan fingerprint density at radius 1 is 1.18 bits per heavy atom. The molecule has 2 aromatic rings. The summed E-state index contributed by atoms with van der Waals surface area (Å²) in [6, 6.07) is 10.1. The van der Waals surface area contributed by atoms with E-state index in [1.54, 1.807) is 0 Å². The molecule has 1 aromatic carbocycles. The Morgan fingerprint density at radius 3 is 2.32 bits per heavy atom. The van der Waals surface area contributed by atoms with Crippen LogP contribution < -0.4 is 4.74 Å². The van der Waals surface area contributed by atoms with E-state index in [2.05, 4.69) is 38.0 Å². The maximum absolute atomic E-state index is 10.1. The molecule has 0 radical (unpaired) electrons. The Kier molecular flexibility index (Phi) is 4.91. The minimum absolute atomic E-state index is 0.132. The molecule has 1 aromatic heterocycles. The van der Waals surface area contributed by atoms with Gasteiger partial charge in [-0.15, -0.1) is 0 Å². The van der Waals surface area contributed by atoms with Gasteiger partial charge in [-0.1, -0.05) is 32.9 Å². The number of hydrogen-bond donors (Lipinski definition) is 1. The smallest absolute Gasteiger partial charge is 0.119 e. The predicted octanol–water partition coefficient (Wildman–Crippen LogP) is 3.24. The monoisotopic (exact) mass is 302 g/mol. The highest BCUT2D eigenvalue weighted by Crippen LogP contribution is 2.24. The van der Waals surface area contributed by atoms with Crippen LogP contribution in [-0.2, 0) is 12.0 Å². The number of rotatable bonds is 5. The van der Waals surface area contributed by atoms with E-state index >= 15 is 0 Å². The molecule has 0 aliphatic carbocycles. The van der Waals surface area contributed by atoms with E-state index in [1.165, 1.54) is 5.56 Å². The first-order valence-corrected chi connectivity index (χ1v) is 7.68. The molecule has 2 rings (SSSR count). The third-order valence-electron chi connectivity index (χ3n) is 3.65. The molecule has 22 heavy (non-hydrogen) atoms. The Morgan fingerprint density at radius 2 is 1.82 bits per heavy atom. The van der Waals surface area contributed by atoms with Crippen molar-refractivity contribution in [3.05, 3.63) is 47.3 Å². The van der Waals surface area contributed by atoms with Gasteiger partial charge in [0, 0.05) is 5.69 Å². The molecule has 0 fully saturated rings. The van der Waals surface area contributed by atoms with E-state index in [9.17, 15) is 5.11 Å². The fraction of sp³-hybridized carbons (Fsp3) is 0.500. The number of benzene rings is 1. The summed E-state index contributed by atoms with van der Waals surface area (Å²) in [5.41, 5.74) is 3.41. The van der Waals surface area contributed by atoms with Crippen molar-refractivity contribution in [1.82, 2.24) is 9.78 Å². The molecule has 0 amide bonds. The van der Waals surface area contributed by atoms with E-state index in [-0.39, 0.29) is 12.0 Å². The Hall–Kier alpha value is -1.81. The number of aromatic nitrogens is 2. The largest absolute Gasteiger partial charge is 0.491 e. The number of nitrogens with zero attached hydrogens (tertiary/aromatic N) is 2. The van der Waals surface area contributed by atoms with Crippen LogP contribution in [0.4, 0.5) is 0 Å². The molecule has 0 bridgehead atoms. The number of aryl methyl sites for hydroxylation is 2. The molecular formula is C18H26N2O2. The van der Waals surface area contributed by atoms with Crippen LogP contribution in [0, 0.1) is 13.8 Å². The van der Waals surface area contributed by atoms with Crippen molar-refractivity contribution >= 4 is 0 Å². The lowest BCUT2D eigenvalue weighted by Gasteiger charge is -2.19. The van der Waals surface area contributed by atoms with Crippen molar-refractivity contribution in [2.45, 2.75) is 52.7 Å². The molecule has 1 heterocycles. The summed E-state index contributed by atoms with van der Waals surface area (Å²) in [5.74, 6) is 0.778. The molecular weight excluding hydrogens is 276 g/mol. The SMILES string of the molecule is Cc1cc(C)n(C[C@@H](O)COc2ccc(C(C)(C)C)cc2)n1. The Labute approximate surface area is 132 Å². The first kappa shape index (κ1) is 16.6. The van der Waals surface area contributed by atoms with Crippen LogP contribution in [0.25, 0.3) is 0 Å². The van der Waals surface area contributed by atoms with Crippen molar-refractivity contribution in [1.29, 1.82) is 0 Å². The molecule has 0 saturated heterocycles. The van der Waals surface area contributed by atoms with Gasteiger partial charge >= 0.3 is 0 Å². The Balaban J connectivity index is 1.88. The second-order valence-corrected chi connectivity index (χ2v) is 6.85. The summed E-state index contributed by atoms with van der Waals surface area (Å²) in [7, 11) is 0. The van der Waals surface area contributed by atoms with E-state index in [4.69, 9.17) is 4.74 Å². The molecule has 0 spiro atoms. The summed E-state index contributed by atoms with van der Waals surface area (Å²) in [6.45, 7) is 11.2. The second kappa shape index (κ2) is 6.53. The molecule has 4 nitrogen and oxygen atoms in total. The minimum Gasteiger partial charge on any atom is -0.491 e. The van der Waals surface area contributed by atoms with Crippen molar-refractivity contribution in [3.63, 3.8) is 0 Å². The summed E-state index contributed by atoms with van der Waals surface area (Å²) in [5, 5.41) is 14.4. The van der Waals surface area contributed by atoms with Gasteiger partial charge in [-0.25, -0.2) is 0 Å². The quantitative estimate of drug-likeness (QED) is 0.922. The average molecular weight is 302 g/mol. The lowest BCUT2D eigenvalue weighted by atomic mass is 9.87. The lowest BCUT2D eigenvalue weighted by Crippen LogP contribution is -2.24. The zero-order valence-corrected chi connectivity index (χ0v) is 14.1. The maximum atomic E-state index is 10.1. The van der Waals surface area contributed by atoms with Crippen LogP contribution in [0.1, 0.15) is 37.7 Å². The van der Waals surface area contributed by atoms with E-state index in [0.29, 0.717) is 6.54 Å². The third kappa shape index (κ3) is 4.34. The first-order valence-electron chi connectivity index (χ1n) is 7.68. The molecule has 0 aliphatic rings. The first-order chi connectivity index (χ1) is 10.3. The fourth-order valence-corrected chi connectivity index (χ4v) is 2.36. The molecule has 0 saturated carbocycles. The number of ether oxygens (including phenoxy) is 1. The molecule has 0 unspecified atom stereocenters.